The van der Waals surface area contributed by atoms with Crippen molar-refractivity contribution in [3.63, 3.8) is 0 Å². The summed E-state index contributed by atoms with van der Waals surface area (Å²) in [5.41, 5.74) is 0.630. The van der Waals surface area contributed by atoms with Crippen molar-refractivity contribution in [2.24, 2.45) is 0 Å². The molecule has 8 heteroatoms. The quantitative estimate of drug-likeness (QED) is 0.776. The number of thioether (sulfide) groups is 1. The third-order valence-corrected chi connectivity index (χ3v) is 6.60. The Morgan fingerprint density at radius 3 is 2.65 bits per heavy atom. The van der Waals surface area contributed by atoms with Crippen LogP contribution in [0.4, 0.5) is 5.69 Å². The van der Waals surface area contributed by atoms with Crippen LogP contribution in [-0.2, 0) is 24.2 Å². The molecule has 0 aromatic heterocycles. The van der Waals surface area contributed by atoms with E-state index < -0.39 is 27.8 Å². The van der Waals surface area contributed by atoms with E-state index in [9.17, 15) is 18.0 Å². The largest absolute Gasteiger partial charge is 0.452 e. The zero-order chi connectivity index (χ0) is 16.9. The second kappa shape index (κ2) is 7.83. The predicted octanol–water partition coefficient (Wildman–Crippen LogP) is 1.48. The van der Waals surface area contributed by atoms with Crippen molar-refractivity contribution < 1.29 is 22.7 Å². The number of para-hydroxylation sites is 1. The Labute approximate surface area is 139 Å². The van der Waals surface area contributed by atoms with E-state index in [-0.39, 0.29) is 22.5 Å². The molecule has 0 saturated carbocycles. The maximum atomic E-state index is 11.9. The number of hydrogen-bond donors (Lipinski definition) is 1. The highest BCUT2D eigenvalue weighted by molar-refractivity contribution is 8.02. The van der Waals surface area contributed by atoms with Gasteiger partial charge in [0.05, 0.1) is 17.3 Å². The van der Waals surface area contributed by atoms with Crippen LogP contribution >= 0.6 is 11.8 Å². The van der Waals surface area contributed by atoms with Crippen molar-refractivity contribution in [3.05, 3.63) is 30.3 Å². The molecule has 0 spiro atoms. The number of carbonyl (C=O) groups is 2. The average Bonchev–Trinajstić information content (AvgIpc) is 2.85. The van der Waals surface area contributed by atoms with Gasteiger partial charge in [-0.3, -0.25) is 9.59 Å². The Morgan fingerprint density at radius 1 is 1.35 bits per heavy atom. The SMILES string of the molecule is C[C@H](OC(=O)CS[C@@H]1CCS(=O)(=O)C1)C(=O)Nc1ccccc1. The van der Waals surface area contributed by atoms with E-state index in [1.54, 1.807) is 24.3 Å². The van der Waals surface area contributed by atoms with Gasteiger partial charge in [0.2, 0.25) is 0 Å². The molecular formula is C15H19NO5S2. The van der Waals surface area contributed by atoms with Crippen LogP contribution in [0.1, 0.15) is 13.3 Å². The number of ether oxygens (including phenoxy) is 1. The first-order valence-electron chi connectivity index (χ1n) is 7.23. The monoisotopic (exact) mass is 357 g/mol. The molecule has 1 heterocycles. The zero-order valence-corrected chi connectivity index (χ0v) is 14.4. The van der Waals surface area contributed by atoms with Gasteiger partial charge in [0, 0.05) is 10.9 Å². The van der Waals surface area contributed by atoms with E-state index in [0.717, 1.165) is 0 Å². The van der Waals surface area contributed by atoms with Gasteiger partial charge in [-0.25, -0.2) is 8.42 Å². The molecule has 6 nitrogen and oxygen atoms in total. The van der Waals surface area contributed by atoms with E-state index in [1.807, 2.05) is 6.07 Å². The number of esters is 1. The van der Waals surface area contributed by atoms with Gasteiger partial charge >= 0.3 is 5.97 Å². The number of hydrogen-bond acceptors (Lipinski definition) is 6. The van der Waals surface area contributed by atoms with Crippen LogP contribution in [0.3, 0.4) is 0 Å². The fraction of sp³-hybridized carbons (Fsp3) is 0.467. The van der Waals surface area contributed by atoms with Crippen molar-refractivity contribution in [2.75, 3.05) is 22.6 Å². The highest BCUT2D eigenvalue weighted by atomic mass is 32.2. The van der Waals surface area contributed by atoms with Gasteiger partial charge < -0.3 is 10.1 Å². The molecule has 0 radical (unpaired) electrons. The number of benzene rings is 1. The van der Waals surface area contributed by atoms with Crippen LogP contribution in [-0.4, -0.2) is 48.9 Å². The molecule has 1 aromatic rings. The van der Waals surface area contributed by atoms with Gasteiger partial charge in [-0.1, -0.05) is 18.2 Å². The highest BCUT2D eigenvalue weighted by Crippen LogP contribution is 2.24. The first kappa shape index (κ1) is 17.8. The molecule has 1 N–H and O–H groups in total. The maximum absolute atomic E-state index is 11.9. The number of anilines is 1. The second-order valence-corrected chi connectivity index (χ2v) is 8.84. The van der Waals surface area contributed by atoms with Crippen molar-refractivity contribution in [2.45, 2.75) is 24.7 Å². The summed E-state index contributed by atoms with van der Waals surface area (Å²) < 4.78 is 27.8. The number of rotatable bonds is 6. The summed E-state index contributed by atoms with van der Waals surface area (Å²) in [4.78, 5) is 23.7. The molecule has 0 aliphatic carbocycles. The highest BCUT2D eigenvalue weighted by Gasteiger charge is 2.29. The Balaban J connectivity index is 1.73. The molecule has 126 valence electrons. The summed E-state index contributed by atoms with van der Waals surface area (Å²) in [5, 5.41) is 2.58. The third kappa shape index (κ3) is 5.87. The average molecular weight is 357 g/mol. The molecule has 2 rings (SSSR count). The lowest BCUT2D eigenvalue weighted by atomic mass is 10.3. The molecule has 23 heavy (non-hydrogen) atoms. The molecular weight excluding hydrogens is 338 g/mol. The van der Waals surface area contributed by atoms with Crippen LogP contribution in [0.15, 0.2) is 30.3 Å². The smallest absolute Gasteiger partial charge is 0.316 e. The minimum atomic E-state index is -2.95. The molecule has 2 atom stereocenters. The third-order valence-electron chi connectivity index (χ3n) is 3.35. The normalized spacial score (nSPS) is 20.7. The summed E-state index contributed by atoms with van der Waals surface area (Å²) in [5.74, 6) is -0.596. The van der Waals surface area contributed by atoms with Gasteiger partial charge in [0.25, 0.3) is 5.91 Å². The summed E-state index contributed by atoms with van der Waals surface area (Å²) in [6, 6.07) is 8.89. The van der Waals surface area contributed by atoms with E-state index in [4.69, 9.17) is 4.74 Å². The van der Waals surface area contributed by atoms with Crippen LogP contribution < -0.4 is 5.32 Å². The number of carbonyl (C=O) groups excluding carboxylic acids is 2. The molecule has 1 saturated heterocycles. The molecule has 1 fully saturated rings. The fourth-order valence-corrected chi connectivity index (χ4v) is 5.55. The fourth-order valence-electron chi connectivity index (χ4n) is 2.13. The standard InChI is InChI=1S/C15H19NO5S2/c1-11(15(18)16-12-5-3-2-4-6-12)21-14(17)9-22-13-7-8-23(19,20)10-13/h2-6,11,13H,7-10H2,1H3,(H,16,18)/t11-,13+/m0/s1. The van der Waals surface area contributed by atoms with Gasteiger partial charge in [-0.15, -0.1) is 11.8 Å². The van der Waals surface area contributed by atoms with E-state index in [0.29, 0.717) is 12.1 Å². The van der Waals surface area contributed by atoms with Gasteiger partial charge in [-0.05, 0) is 25.5 Å². The minimum absolute atomic E-state index is 0.0448. The van der Waals surface area contributed by atoms with Crippen LogP contribution in [0.5, 0.6) is 0 Å². The molecule has 1 aromatic carbocycles. The first-order valence-corrected chi connectivity index (χ1v) is 10.1. The summed E-state index contributed by atoms with van der Waals surface area (Å²) in [6.07, 6.45) is -0.347. The lowest BCUT2D eigenvalue weighted by Gasteiger charge is -2.14. The van der Waals surface area contributed by atoms with E-state index >= 15 is 0 Å². The van der Waals surface area contributed by atoms with Gasteiger partial charge in [-0.2, -0.15) is 0 Å². The molecule has 0 bridgehead atoms. The van der Waals surface area contributed by atoms with E-state index in [1.165, 1.54) is 18.7 Å². The molecule has 0 unspecified atom stereocenters. The Hall–Kier alpha value is -1.54. The summed E-state index contributed by atoms with van der Waals surface area (Å²) in [7, 11) is -2.95. The van der Waals surface area contributed by atoms with Gasteiger partial charge in [0.15, 0.2) is 15.9 Å². The maximum Gasteiger partial charge on any atom is 0.316 e. The number of sulfone groups is 1. The van der Waals surface area contributed by atoms with Crippen molar-refractivity contribution in [3.8, 4) is 0 Å². The number of nitrogens with one attached hydrogen (secondary N) is 1. The number of amides is 1. The van der Waals surface area contributed by atoms with Crippen LogP contribution in [0.25, 0.3) is 0 Å². The predicted molar refractivity (Wildman–Crippen MR) is 90.1 cm³/mol. The van der Waals surface area contributed by atoms with Crippen molar-refractivity contribution >= 4 is 39.2 Å². The Bertz CT molecular complexity index is 660. The lowest BCUT2D eigenvalue weighted by Crippen LogP contribution is -2.30. The van der Waals surface area contributed by atoms with E-state index in [2.05, 4.69) is 5.32 Å². The second-order valence-electron chi connectivity index (χ2n) is 5.32. The Morgan fingerprint density at radius 2 is 2.04 bits per heavy atom. The van der Waals surface area contributed by atoms with Crippen molar-refractivity contribution in [1.29, 1.82) is 0 Å². The molecule has 1 aliphatic heterocycles. The minimum Gasteiger partial charge on any atom is -0.452 e. The zero-order valence-electron chi connectivity index (χ0n) is 12.7. The molecule has 1 amide bonds. The van der Waals surface area contributed by atoms with Gasteiger partial charge in [0.1, 0.15) is 0 Å². The molecule has 1 aliphatic rings. The topological polar surface area (TPSA) is 89.5 Å². The van der Waals surface area contributed by atoms with Crippen LogP contribution in [0, 0.1) is 0 Å². The van der Waals surface area contributed by atoms with Crippen LogP contribution in [0.2, 0.25) is 0 Å². The summed E-state index contributed by atoms with van der Waals surface area (Å²) in [6.45, 7) is 1.50. The Kier molecular flexibility index (Phi) is 6.06. The summed E-state index contributed by atoms with van der Waals surface area (Å²) >= 11 is 1.27. The lowest BCUT2D eigenvalue weighted by molar-refractivity contribution is -0.150. The first-order chi connectivity index (χ1) is 10.9. The van der Waals surface area contributed by atoms with Crippen molar-refractivity contribution in [1.82, 2.24) is 0 Å².